The van der Waals surface area contributed by atoms with Gasteiger partial charge >= 0.3 is 6.36 Å². The van der Waals surface area contributed by atoms with Crippen LogP contribution in [0.5, 0.6) is 5.75 Å². The number of hydrogen-bond acceptors (Lipinski definition) is 3. The van der Waals surface area contributed by atoms with Crippen molar-refractivity contribution in [3.63, 3.8) is 0 Å². The lowest BCUT2D eigenvalue weighted by Gasteiger charge is -2.60. The minimum absolute atomic E-state index is 0.0438. The third kappa shape index (κ3) is 5.90. The zero-order valence-corrected chi connectivity index (χ0v) is 23.3. The van der Waals surface area contributed by atoms with Gasteiger partial charge in [0.2, 0.25) is 11.8 Å². The predicted octanol–water partition coefficient (Wildman–Crippen LogP) is 7.45. The number of benzene rings is 3. The minimum Gasteiger partial charge on any atom is -0.406 e. The number of alkyl halides is 3. The van der Waals surface area contributed by atoms with Gasteiger partial charge in [-0.3, -0.25) is 9.59 Å². The summed E-state index contributed by atoms with van der Waals surface area (Å²) in [7, 11) is 0. The standard InChI is InChI=1S/C34H35F3N2O3/c35-34(36,37)42-28-13-11-27(12-14-28)39-31(41)33-20-23-17-24(21-33)19-32(18-23,22-33)30(40)38-16-15-29(25-7-3-1-4-8-25)26-9-5-2-6-10-26/h1-14,23-24,29H,15-22H2,(H,38,40)(H,39,41). The van der Waals surface area contributed by atoms with Crippen LogP contribution in [0.2, 0.25) is 0 Å². The fourth-order valence-corrected chi connectivity index (χ4v) is 8.21. The van der Waals surface area contributed by atoms with Gasteiger partial charge in [0.05, 0.1) is 10.8 Å². The van der Waals surface area contributed by atoms with Crippen molar-refractivity contribution in [3.8, 4) is 5.75 Å². The first-order valence-electron chi connectivity index (χ1n) is 14.7. The molecule has 2 unspecified atom stereocenters. The molecule has 4 bridgehead atoms. The fraction of sp³-hybridized carbons (Fsp3) is 0.412. The minimum atomic E-state index is -4.77. The maximum Gasteiger partial charge on any atom is 0.573 e. The second kappa shape index (κ2) is 11.1. The highest BCUT2D eigenvalue weighted by Crippen LogP contribution is 2.65. The first-order chi connectivity index (χ1) is 20.1. The third-order valence-electron chi connectivity index (χ3n) is 9.49. The SMILES string of the molecule is O=C(NCCC(c1ccccc1)c1ccccc1)C12CC3CC(C1)CC(C(=O)Nc1ccc(OC(F)(F)F)cc1)(C3)C2. The van der Waals surface area contributed by atoms with Gasteiger partial charge in [-0.1, -0.05) is 60.7 Å². The zero-order valence-electron chi connectivity index (χ0n) is 23.3. The lowest BCUT2D eigenvalue weighted by Crippen LogP contribution is -2.60. The number of anilines is 1. The van der Waals surface area contributed by atoms with E-state index in [0.717, 1.165) is 38.5 Å². The number of ether oxygens (including phenoxy) is 1. The molecule has 4 aliphatic carbocycles. The molecule has 8 heteroatoms. The summed E-state index contributed by atoms with van der Waals surface area (Å²) in [4.78, 5) is 27.6. The Morgan fingerprint density at radius 1 is 0.786 bits per heavy atom. The molecule has 0 spiro atoms. The first kappa shape index (κ1) is 28.3. The monoisotopic (exact) mass is 576 g/mol. The summed E-state index contributed by atoms with van der Waals surface area (Å²) in [6, 6.07) is 25.9. The van der Waals surface area contributed by atoms with Crippen LogP contribution in [0.25, 0.3) is 0 Å². The molecule has 0 saturated heterocycles. The predicted molar refractivity (Wildman–Crippen MR) is 154 cm³/mol. The van der Waals surface area contributed by atoms with E-state index in [9.17, 15) is 22.8 Å². The molecule has 2 amide bonds. The molecule has 0 heterocycles. The number of nitrogens with one attached hydrogen (secondary N) is 2. The second-order valence-electron chi connectivity index (χ2n) is 12.5. The molecule has 0 aromatic heterocycles. The smallest absolute Gasteiger partial charge is 0.406 e. The van der Waals surface area contributed by atoms with Crippen LogP contribution < -0.4 is 15.4 Å². The Balaban J connectivity index is 1.13. The summed E-state index contributed by atoms with van der Waals surface area (Å²) in [6.07, 6.45) is 0.611. The lowest BCUT2D eigenvalue weighted by molar-refractivity contribution is -0.274. The second-order valence-corrected chi connectivity index (χ2v) is 12.5. The number of carbonyl (C=O) groups is 2. The highest BCUT2D eigenvalue weighted by atomic mass is 19.4. The van der Waals surface area contributed by atoms with E-state index in [1.807, 2.05) is 36.4 Å². The normalized spacial score (nSPS) is 26.2. The topological polar surface area (TPSA) is 67.4 Å². The lowest BCUT2D eigenvalue weighted by atomic mass is 9.43. The summed E-state index contributed by atoms with van der Waals surface area (Å²) in [6.45, 7) is 0.538. The average molecular weight is 577 g/mol. The summed E-state index contributed by atoms with van der Waals surface area (Å²) in [5.41, 5.74) is 1.61. The molecule has 3 aromatic carbocycles. The average Bonchev–Trinajstić information content (AvgIpc) is 2.96. The Labute approximate surface area is 243 Å². The van der Waals surface area contributed by atoms with Crippen molar-refractivity contribution >= 4 is 17.5 Å². The molecule has 2 N–H and O–H groups in total. The van der Waals surface area contributed by atoms with E-state index in [-0.39, 0.29) is 23.5 Å². The molecule has 3 aromatic rings. The van der Waals surface area contributed by atoms with Crippen molar-refractivity contribution < 1.29 is 27.5 Å². The fourth-order valence-electron chi connectivity index (χ4n) is 8.21. The van der Waals surface area contributed by atoms with Crippen LogP contribution in [0.4, 0.5) is 18.9 Å². The van der Waals surface area contributed by atoms with E-state index in [0.29, 0.717) is 30.5 Å². The van der Waals surface area contributed by atoms with E-state index >= 15 is 0 Å². The van der Waals surface area contributed by atoms with Gasteiger partial charge in [0.25, 0.3) is 0 Å². The molecule has 2 atom stereocenters. The van der Waals surface area contributed by atoms with Crippen LogP contribution in [0.3, 0.4) is 0 Å². The molecule has 0 aliphatic heterocycles. The van der Waals surface area contributed by atoms with E-state index in [4.69, 9.17) is 0 Å². The van der Waals surface area contributed by atoms with Crippen molar-refractivity contribution in [3.05, 3.63) is 96.1 Å². The largest absolute Gasteiger partial charge is 0.573 e. The van der Waals surface area contributed by atoms with Crippen molar-refractivity contribution in [1.82, 2.24) is 5.32 Å². The van der Waals surface area contributed by atoms with Crippen LogP contribution in [0.15, 0.2) is 84.9 Å². The van der Waals surface area contributed by atoms with Crippen LogP contribution in [0, 0.1) is 22.7 Å². The van der Waals surface area contributed by atoms with Crippen molar-refractivity contribution in [1.29, 1.82) is 0 Å². The zero-order chi connectivity index (χ0) is 29.4. The number of halogens is 3. The van der Waals surface area contributed by atoms with Gasteiger partial charge in [0.1, 0.15) is 5.75 Å². The van der Waals surface area contributed by atoms with Gasteiger partial charge in [-0.15, -0.1) is 13.2 Å². The number of amides is 2. The maximum atomic E-state index is 13.9. The first-order valence-corrected chi connectivity index (χ1v) is 14.7. The highest BCUT2D eigenvalue weighted by molar-refractivity contribution is 5.97. The van der Waals surface area contributed by atoms with E-state index in [2.05, 4.69) is 39.6 Å². The molecule has 4 aliphatic rings. The van der Waals surface area contributed by atoms with Gasteiger partial charge in [-0.05, 0) is 92.2 Å². The van der Waals surface area contributed by atoms with E-state index in [1.54, 1.807) is 0 Å². The quantitative estimate of drug-likeness (QED) is 0.278. The van der Waals surface area contributed by atoms with Gasteiger partial charge < -0.3 is 15.4 Å². The van der Waals surface area contributed by atoms with Gasteiger partial charge in [0, 0.05) is 18.2 Å². The van der Waals surface area contributed by atoms with Crippen LogP contribution in [0.1, 0.15) is 62.0 Å². The van der Waals surface area contributed by atoms with Crippen molar-refractivity contribution in [2.24, 2.45) is 22.7 Å². The number of carbonyl (C=O) groups excluding carboxylic acids is 2. The molecule has 5 nitrogen and oxygen atoms in total. The molecule has 220 valence electrons. The summed E-state index contributed by atoms with van der Waals surface area (Å²) < 4.78 is 41.5. The van der Waals surface area contributed by atoms with Crippen LogP contribution >= 0.6 is 0 Å². The Bertz CT molecular complexity index is 1360. The molecular formula is C34H35F3N2O3. The summed E-state index contributed by atoms with van der Waals surface area (Å²) in [5, 5.41) is 6.20. The molecule has 7 rings (SSSR count). The van der Waals surface area contributed by atoms with Gasteiger partial charge in [-0.2, -0.15) is 0 Å². The Kier molecular flexibility index (Phi) is 7.50. The van der Waals surface area contributed by atoms with Crippen molar-refractivity contribution in [2.75, 3.05) is 11.9 Å². The third-order valence-corrected chi connectivity index (χ3v) is 9.49. The molecule has 4 saturated carbocycles. The molecule has 42 heavy (non-hydrogen) atoms. The number of hydrogen-bond donors (Lipinski definition) is 2. The highest BCUT2D eigenvalue weighted by Gasteiger charge is 2.63. The summed E-state index contributed by atoms with van der Waals surface area (Å²) >= 11 is 0. The maximum absolute atomic E-state index is 13.9. The Hall–Kier alpha value is -3.81. The Morgan fingerprint density at radius 3 is 1.83 bits per heavy atom. The molecule has 0 radical (unpaired) electrons. The van der Waals surface area contributed by atoms with Crippen molar-refractivity contribution in [2.45, 2.75) is 57.2 Å². The van der Waals surface area contributed by atoms with E-state index < -0.39 is 17.2 Å². The number of rotatable bonds is 9. The Morgan fingerprint density at radius 2 is 1.31 bits per heavy atom. The molecule has 4 fully saturated rings. The van der Waals surface area contributed by atoms with Crippen LogP contribution in [-0.4, -0.2) is 24.7 Å². The van der Waals surface area contributed by atoms with Gasteiger partial charge in [0.15, 0.2) is 0 Å². The molecular weight excluding hydrogens is 541 g/mol. The van der Waals surface area contributed by atoms with Gasteiger partial charge in [-0.25, -0.2) is 0 Å². The van der Waals surface area contributed by atoms with E-state index in [1.165, 1.54) is 35.4 Å². The summed E-state index contributed by atoms with van der Waals surface area (Å²) in [5.74, 6) is 0.342. The van der Waals surface area contributed by atoms with Crippen LogP contribution in [-0.2, 0) is 9.59 Å².